The first-order chi connectivity index (χ1) is 13.8. The van der Waals surface area contributed by atoms with Gasteiger partial charge >= 0.3 is 0 Å². The van der Waals surface area contributed by atoms with Gasteiger partial charge in [-0.2, -0.15) is 0 Å². The van der Waals surface area contributed by atoms with Crippen LogP contribution in [0.5, 0.6) is 5.75 Å². The van der Waals surface area contributed by atoms with E-state index in [1.54, 1.807) is 6.26 Å². The van der Waals surface area contributed by atoms with E-state index in [4.69, 9.17) is 9.15 Å². The molecule has 0 unspecified atom stereocenters. The Morgan fingerprint density at radius 3 is 2.45 bits per heavy atom. The van der Waals surface area contributed by atoms with E-state index in [0.717, 1.165) is 33.2 Å². The van der Waals surface area contributed by atoms with Crippen molar-refractivity contribution in [1.29, 1.82) is 0 Å². The standard InChI is InChI=1S/C23H26N2O4/c1-14(2)18-7-5-15(3)9-20(18)29-13-23(27)25-24-22(26)11-17-12-28-21-10-16(4)6-8-19(17)21/h5-10,12,14H,11,13H2,1-4H3,(H,24,26)(H,25,27). The highest BCUT2D eigenvalue weighted by atomic mass is 16.5. The van der Waals surface area contributed by atoms with Gasteiger partial charge in [-0.1, -0.05) is 38.1 Å². The average Bonchev–Trinajstić information content (AvgIpc) is 3.06. The fraction of sp³-hybridized carbons (Fsp3) is 0.304. The van der Waals surface area contributed by atoms with Crippen molar-refractivity contribution < 1.29 is 18.7 Å². The lowest BCUT2D eigenvalue weighted by Crippen LogP contribution is -2.44. The van der Waals surface area contributed by atoms with Crippen LogP contribution in [0.4, 0.5) is 0 Å². The van der Waals surface area contributed by atoms with Crippen LogP contribution in [0.3, 0.4) is 0 Å². The largest absolute Gasteiger partial charge is 0.483 e. The Hall–Kier alpha value is -3.28. The summed E-state index contributed by atoms with van der Waals surface area (Å²) in [4.78, 5) is 24.2. The van der Waals surface area contributed by atoms with E-state index >= 15 is 0 Å². The number of carbonyl (C=O) groups excluding carboxylic acids is 2. The molecule has 0 spiro atoms. The number of carbonyl (C=O) groups is 2. The van der Waals surface area contributed by atoms with Crippen molar-refractivity contribution >= 4 is 22.8 Å². The van der Waals surface area contributed by atoms with Gasteiger partial charge in [-0.05, 0) is 48.6 Å². The van der Waals surface area contributed by atoms with Crippen molar-refractivity contribution in [2.45, 2.75) is 40.0 Å². The molecule has 3 aromatic rings. The second kappa shape index (κ2) is 8.82. The number of ether oxygens (including phenoxy) is 1. The molecule has 0 aliphatic rings. The van der Waals surface area contributed by atoms with E-state index < -0.39 is 5.91 Å². The van der Waals surface area contributed by atoms with Gasteiger partial charge in [-0.15, -0.1) is 0 Å². The Labute approximate surface area is 170 Å². The van der Waals surface area contributed by atoms with Crippen molar-refractivity contribution in [1.82, 2.24) is 10.9 Å². The van der Waals surface area contributed by atoms with Crippen molar-refractivity contribution in [3.05, 3.63) is 64.9 Å². The molecule has 3 rings (SSSR count). The molecule has 2 aromatic carbocycles. The number of aryl methyl sites for hydroxylation is 2. The number of hydrogen-bond acceptors (Lipinski definition) is 4. The first kappa shape index (κ1) is 20.5. The summed E-state index contributed by atoms with van der Waals surface area (Å²) in [6.07, 6.45) is 1.67. The van der Waals surface area contributed by atoms with E-state index in [2.05, 4.69) is 24.7 Å². The molecule has 0 fully saturated rings. The number of amides is 2. The minimum atomic E-state index is -0.428. The molecule has 2 amide bonds. The highest BCUT2D eigenvalue weighted by Gasteiger charge is 2.13. The van der Waals surface area contributed by atoms with Crippen LogP contribution in [0.2, 0.25) is 0 Å². The molecule has 0 saturated heterocycles. The summed E-state index contributed by atoms with van der Waals surface area (Å²) in [5, 5.41) is 0.890. The van der Waals surface area contributed by atoms with Gasteiger partial charge in [0.2, 0.25) is 5.91 Å². The molecule has 0 bridgehead atoms. The normalized spacial score (nSPS) is 10.9. The van der Waals surface area contributed by atoms with Crippen molar-refractivity contribution in [2.24, 2.45) is 0 Å². The van der Waals surface area contributed by atoms with Gasteiger partial charge in [0.15, 0.2) is 6.61 Å². The first-order valence-corrected chi connectivity index (χ1v) is 9.61. The maximum atomic E-state index is 12.2. The van der Waals surface area contributed by atoms with Gasteiger partial charge in [0.25, 0.3) is 5.91 Å². The smallest absolute Gasteiger partial charge is 0.276 e. The average molecular weight is 394 g/mol. The third kappa shape index (κ3) is 5.16. The number of nitrogens with one attached hydrogen (secondary N) is 2. The minimum Gasteiger partial charge on any atom is -0.483 e. The summed E-state index contributed by atoms with van der Waals surface area (Å²) >= 11 is 0. The molecule has 0 saturated carbocycles. The van der Waals surface area contributed by atoms with Crippen LogP contribution in [0.1, 0.15) is 42.0 Å². The zero-order valence-corrected chi connectivity index (χ0v) is 17.2. The van der Waals surface area contributed by atoms with Gasteiger partial charge in [0.05, 0.1) is 12.7 Å². The lowest BCUT2D eigenvalue weighted by Gasteiger charge is -2.15. The summed E-state index contributed by atoms with van der Waals surface area (Å²) in [7, 11) is 0. The fourth-order valence-corrected chi connectivity index (χ4v) is 3.11. The molecule has 2 N–H and O–H groups in total. The second-order valence-corrected chi connectivity index (χ2v) is 7.52. The topological polar surface area (TPSA) is 80.6 Å². The zero-order valence-electron chi connectivity index (χ0n) is 17.2. The van der Waals surface area contributed by atoms with Crippen molar-refractivity contribution in [2.75, 3.05) is 6.61 Å². The summed E-state index contributed by atoms with van der Waals surface area (Å²) in [6.45, 7) is 7.90. The van der Waals surface area contributed by atoms with E-state index in [1.165, 1.54) is 0 Å². The summed E-state index contributed by atoms with van der Waals surface area (Å²) < 4.78 is 11.2. The van der Waals surface area contributed by atoms with Crippen LogP contribution in [0.25, 0.3) is 11.0 Å². The molecular formula is C23H26N2O4. The lowest BCUT2D eigenvalue weighted by molar-refractivity contribution is -0.129. The molecule has 0 radical (unpaired) electrons. The van der Waals surface area contributed by atoms with Gasteiger partial charge < -0.3 is 9.15 Å². The summed E-state index contributed by atoms with van der Waals surface area (Å²) in [6, 6.07) is 11.8. The second-order valence-electron chi connectivity index (χ2n) is 7.52. The van der Waals surface area contributed by atoms with Crippen molar-refractivity contribution in [3.8, 4) is 5.75 Å². The van der Waals surface area contributed by atoms with Crippen LogP contribution in [0, 0.1) is 13.8 Å². The summed E-state index contributed by atoms with van der Waals surface area (Å²) in [5.74, 6) is 0.200. The highest BCUT2D eigenvalue weighted by Crippen LogP contribution is 2.27. The van der Waals surface area contributed by atoms with Crippen LogP contribution < -0.4 is 15.6 Å². The Kier molecular flexibility index (Phi) is 6.22. The predicted octanol–water partition coefficient (Wildman–Crippen LogP) is 3.94. The first-order valence-electron chi connectivity index (χ1n) is 9.61. The Morgan fingerprint density at radius 1 is 1.00 bits per heavy atom. The molecule has 0 atom stereocenters. The Morgan fingerprint density at radius 2 is 1.69 bits per heavy atom. The van der Waals surface area contributed by atoms with Gasteiger partial charge in [-0.3, -0.25) is 20.4 Å². The maximum absolute atomic E-state index is 12.2. The number of fused-ring (bicyclic) bond motifs is 1. The van der Waals surface area contributed by atoms with Gasteiger partial charge in [0.1, 0.15) is 11.3 Å². The van der Waals surface area contributed by atoms with E-state index in [9.17, 15) is 9.59 Å². The molecule has 0 aliphatic carbocycles. The van der Waals surface area contributed by atoms with Crippen LogP contribution in [-0.2, 0) is 16.0 Å². The summed E-state index contributed by atoms with van der Waals surface area (Å²) in [5.41, 5.74) is 9.50. The van der Waals surface area contributed by atoms with E-state index in [-0.39, 0.29) is 24.9 Å². The number of benzene rings is 2. The third-order valence-electron chi connectivity index (χ3n) is 4.65. The monoisotopic (exact) mass is 394 g/mol. The van der Waals surface area contributed by atoms with Gasteiger partial charge in [-0.25, -0.2) is 0 Å². The minimum absolute atomic E-state index is 0.104. The molecule has 0 aliphatic heterocycles. The Balaban J connectivity index is 1.51. The van der Waals surface area contributed by atoms with Crippen LogP contribution >= 0.6 is 0 Å². The van der Waals surface area contributed by atoms with Crippen LogP contribution in [0.15, 0.2) is 47.1 Å². The predicted molar refractivity (Wildman–Crippen MR) is 112 cm³/mol. The lowest BCUT2D eigenvalue weighted by atomic mass is 10.0. The number of hydrazine groups is 1. The maximum Gasteiger partial charge on any atom is 0.276 e. The molecule has 1 aromatic heterocycles. The molecule has 152 valence electrons. The van der Waals surface area contributed by atoms with E-state index in [1.807, 2.05) is 50.2 Å². The molecule has 29 heavy (non-hydrogen) atoms. The Bertz CT molecular complexity index is 1040. The molecule has 1 heterocycles. The number of furan rings is 1. The SMILES string of the molecule is Cc1ccc(C(C)C)c(OCC(=O)NNC(=O)Cc2coc3cc(C)ccc23)c1. The molecule has 6 heteroatoms. The third-order valence-corrected chi connectivity index (χ3v) is 4.65. The van der Waals surface area contributed by atoms with Crippen molar-refractivity contribution in [3.63, 3.8) is 0 Å². The molecular weight excluding hydrogens is 368 g/mol. The highest BCUT2D eigenvalue weighted by molar-refractivity contribution is 5.89. The fourth-order valence-electron chi connectivity index (χ4n) is 3.11. The quantitative estimate of drug-likeness (QED) is 0.621. The van der Waals surface area contributed by atoms with E-state index in [0.29, 0.717) is 5.75 Å². The zero-order chi connectivity index (χ0) is 21.0. The molecule has 6 nitrogen and oxygen atoms in total. The van der Waals surface area contributed by atoms with Crippen LogP contribution in [-0.4, -0.2) is 18.4 Å². The number of rotatable bonds is 6. The van der Waals surface area contributed by atoms with Gasteiger partial charge in [0, 0.05) is 10.9 Å². The number of hydrogen-bond donors (Lipinski definition) is 2.